The van der Waals surface area contributed by atoms with Crippen LogP contribution in [0.25, 0.3) is 0 Å². The molecule has 0 fully saturated rings. The number of hydrogen-bond acceptors (Lipinski definition) is 4. The molecule has 2 aromatic carbocycles. The lowest BCUT2D eigenvalue weighted by atomic mass is 10.2. The summed E-state index contributed by atoms with van der Waals surface area (Å²) in [6.07, 6.45) is 0. The number of ether oxygens (including phenoxy) is 2. The number of rotatable bonds is 4. The summed E-state index contributed by atoms with van der Waals surface area (Å²) < 4.78 is 11.0. The average molecular weight is 298 g/mol. The van der Waals surface area contributed by atoms with Crippen LogP contribution in [0, 0.1) is 6.92 Å². The minimum Gasteiger partial charge on any atom is -0.486 e. The standard InChI is InChI=1S/C17H18N2O3/c1-12-2-4-13(5-3-12)19-17(20)11-18-14-6-7-15-16(10-14)22-9-8-21-15/h2-7,10,18H,8-9,11H2,1H3,(H,19,20). The van der Waals surface area contributed by atoms with Crippen LogP contribution in [-0.4, -0.2) is 25.7 Å². The summed E-state index contributed by atoms with van der Waals surface area (Å²) >= 11 is 0. The lowest BCUT2D eigenvalue weighted by Crippen LogP contribution is -2.22. The molecular formula is C17H18N2O3. The molecule has 0 bridgehead atoms. The van der Waals surface area contributed by atoms with E-state index in [2.05, 4.69) is 10.6 Å². The Morgan fingerprint density at radius 3 is 2.45 bits per heavy atom. The van der Waals surface area contributed by atoms with Crippen LogP contribution in [0.1, 0.15) is 5.56 Å². The molecule has 1 aliphatic rings. The molecule has 22 heavy (non-hydrogen) atoms. The van der Waals surface area contributed by atoms with E-state index in [0.717, 1.165) is 22.7 Å². The lowest BCUT2D eigenvalue weighted by molar-refractivity contribution is -0.114. The Morgan fingerprint density at radius 1 is 1.00 bits per heavy atom. The fourth-order valence-corrected chi connectivity index (χ4v) is 2.18. The van der Waals surface area contributed by atoms with E-state index in [1.54, 1.807) is 0 Å². The molecule has 0 spiro atoms. The summed E-state index contributed by atoms with van der Waals surface area (Å²) in [6.45, 7) is 3.31. The first-order valence-electron chi connectivity index (χ1n) is 7.21. The second kappa shape index (κ2) is 6.39. The molecule has 5 heteroatoms. The molecule has 0 saturated carbocycles. The fourth-order valence-electron chi connectivity index (χ4n) is 2.18. The maximum atomic E-state index is 11.9. The van der Waals surface area contributed by atoms with Gasteiger partial charge in [0.15, 0.2) is 11.5 Å². The topological polar surface area (TPSA) is 59.6 Å². The van der Waals surface area contributed by atoms with Crippen LogP contribution in [0.3, 0.4) is 0 Å². The zero-order valence-corrected chi connectivity index (χ0v) is 12.4. The molecule has 1 aliphatic heterocycles. The molecular weight excluding hydrogens is 280 g/mol. The molecule has 0 aromatic heterocycles. The van der Waals surface area contributed by atoms with Gasteiger partial charge >= 0.3 is 0 Å². The van der Waals surface area contributed by atoms with Gasteiger partial charge in [-0.05, 0) is 31.2 Å². The van der Waals surface area contributed by atoms with Gasteiger partial charge in [-0.25, -0.2) is 0 Å². The molecule has 1 heterocycles. The average Bonchev–Trinajstić information content (AvgIpc) is 2.55. The van der Waals surface area contributed by atoms with Gasteiger partial charge in [0.2, 0.25) is 5.91 Å². The van der Waals surface area contributed by atoms with Gasteiger partial charge in [-0.3, -0.25) is 4.79 Å². The van der Waals surface area contributed by atoms with Crippen molar-refractivity contribution in [3.63, 3.8) is 0 Å². The number of aryl methyl sites for hydroxylation is 1. The van der Waals surface area contributed by atoms with Crippen LogP contribution >= 0.6 is 0 Å². The van der Waals surface area contributed by atoms with Gasteiger partial charge in [0.25, 0.3) is 0 Å². The van der Waals surface area contributed by atoms with E-state index in [-0.39, 0.29) is 12.5 Å². The van der Waals surface area contributed by atoms with Crippen LogP contribution in [0.4, 0.5) is 11.4 Å². The molecule has 0 aliphatic carbocycles. The highest BCUT2D eigenvalue weighted by atomic mass is 16.6. The van der Waals surface area contributed by atoms with E-state index in [0.29, 0.717) is 19.0 Å². The second-order valence-electron chi connectivity index (χ2n) is 5.13. The normalized spacial score (nSPS) is 12.6. The van der Waals surface area contributed by atoms with Gasteiger partial charge in [0.1, 0.15) is 13.2 Å². The van der Waals surface area contributed by atoms with Crippen LogP contribution in [-0.2, 0) is 4.79 Å². The quantitative estimate of drug-likeness (QED) is 0.911. The number of hydrogen-bond donors (Lipinski definition) is 2. The molecule has 0 radical (unpaired) electrons. The lowest BCUT2D eigenvalue weighted by Gasteiger charge is -2.19. The maximum absolute atomic E-state index is 11.9. The van der Waals surface area contributed by atoms with Crippen LogP contribution in [0.5, 0.6) is 11.5 Å². The Kier molecular flexibility index (Phi) is 4.14. The minimum absolute atomic E-state index is 0.0984. The minimum atomic E-state index is -0.0984. The van der Waals surface area contributed by atoms with Crippen molar-refractivity contribution in [2.24, 2.45) is 0 Å². The van der Waals surface area contributed by atoms with Crippen molar-refractivity contribution in [2.45, 2.75) is 6.92 Å². The van der Waals surface area contributed by atoms with E-state index in [9.17, 15) is 4.79 Å². The first-order chi connectivity index (χ1) is 10.7. The van der Waals surface area contributed by atoms with Crippen molar-refractivity contribution in [3.05, 3.63) is 48.0 Å². The van der Waals surface area contributed by atoms with E-state index < -0.39 is 0 Å². The molecule has 2 N–H and O–H groups in total. The third-order valence-electron chi connectivity index (χ3n) is 3.33. The van der Waals surface area contributed by atoms with Gasteiger partial charge in [-0.2, -0.15) is 0 Å². The summed E-state index contributed by atoms with van der Waals surface area (Å²) in [5, 5.41) is 5.92. The molecule has 114 valence electrons. The van der Waals surface area contributed by atoms with Crippen LogP contribution in [0.2, 0.25) is 0 Å². The SMILES string of the molecule is Cc1ccc(NC(=O)CNc2ccc3c(c2)OCCO3)cc1. The number of fused-ring (bicyclic) bond motifs is 1. The van der Waals surface area contributed by atoms with Crippen molar-refractivity contribution in [1.29, 1.82) is 0 Å². The van der Waals surface area contributed by atoms with Gasteiger partial charge in [-0.1, -0.05) is 17.7 Å². The van der Waals surface area contributed by atoms with Gasteiger partial charge in [-0.15, -0.1) is 0 Å². The fraction of sp³-hybridized carbons (Fsp3) is 0.235. The number of carbonyl (C=O) groups is 1. The molecule has 3 rings (SSSR count). The second-order valence-corrected chi connectivity index (χ2v) is 5.13. The van der Waals surface area contributed by atoms with E-state index in [1.807, 2.05) is 49.4 Å². The number of carbonyl (C=O) groups excluding carboxylic acids is 1. The van der Waals surface area contributed by atoms with E-state index >= 15 is 0 Å². The zero-order valence-electron chi connectivity index (χ0n) is 12.4. The zero-order chi connectivity index (χ0) is 15.4. The molecule has 2 aromatic rings. The van der Waals surface area contributed by atoms with Crippen molar-refractivity contribution in [1.82, 2.24) is 0 Å². The van der Waals surface area contributed by atoms with Crippen molar-refractivity contribution in [2.75, 3.05) is 30.4 Å². The third kappa shape index (κ3) is 3.49. The highest BCUT2D eigenvalue weighted by Gasteiger charge is 2.12. The van der Waals surface area contributed by atoms with Gasteiger partial charge < -0.3 is 20.1 Å². The monoisotopic (exact) mass is 298 g/mol. The summed E-state index contributed by atoms with van der Waals surface area (Å²) in [7, 11) is 0. The molecule has 1 amide bonds. The van der Waals surface area contributed by atoms with E-state index in [4.69, 9.17) is 9.47 Å². The summed E-state index contributed by atoms with van der Waals surface area (Å²) in [5.41, 5.74) is 2.77. The van der Waals surface area contributed by atoms with Gasteiger partial charge in [0, 0.05) is 17.4 Å². The smallest absolute Gasteiger partial charge is 0.243 e. The number of benzene rings is 2. The highest BCUT2D eigenvalue weighted by Crippen LogP contribution is 2.32. The number of nitrogens with one attached hydrogen (secondary N) is 2. The van der Waals surface area contributed by atoms with Crippen LogP contribution < -0.4 is 20.1 Å². The van der Waals surface area contributed by atoms with Crippen LogP contribution in [0.15, 0.2) is 42.5 Å². The van der Waals surface area contributed by atoms with Crippen molar-refractivity contribution in [3.8, 4) is 11.5 Å². The summed E-state index contributed by atoms with van der Waals surface area (Å²) in [5.74, 6) is 1.34. The first kappa shape index (κ1) is 14.3. The van der Waals surface area contributed by atoms with Gasteiger partial charge in [0.05, 0.1) is 6.54 Å². The molecule has 0 saturated heterocycles. The molecule has 0 unspecified atom stereocenters. The Balaban J connectivity index is 1.55. The largest absolute Gasteiger partial charge is 0.486 e. The molecule has 5 nitrogen and oxygen atoms in total. The third-order valence-corrected chi connectivity index (χ3v) is 3.33. The Morgan fingerprint density at radius 2 is 1.68 bits per heavy atom. The molecule has 0 atom stereocenters. The summed E-state index contributed by atoms with van der Waals surface area (Å²) in [6, 6.07) is 13.2. The maximum Gasteiger partial charge on any atom is 0.243 e. The van der Waals surface area contributed by atoms with Crippen molar-refractivity contribution >= 4 is 17.3 Å². The summed E-state index contributed by atoms with van der Waals surface area (Å²) in [4.78, 5) is 11.9. The predicted octanol–water partition coefficient (Wildman–Crippen LogP) is 2.82. The Labute approximate surface area is 129 Å². The number of anilines is 2. The number of amides is 1. The predicted molar refractivity (Wildman–Crippen MR) is 85.7 cm³/mol. The first-order valence-corrected chi connectivity index (χ1v) is 7.21. The Bertz CT molecular complexity index is 668. The van der Waals surface area contributed by atoms with E-state index in [1.165, 1.54) is 0 Å². The van der Waals surface area contributed by atoms with Crippen molar-refractivity contribution < 1.29 is 14.3 Å². The Hall–Kier alpha value is -2.69. The highest BCUT2D eigenvalue weighted by molar-refractivity contribution is 5.93.